The van der Waals surface area contributed by atoms with Crippen LogP contribution in [-0.4, -0.2) is 189 Å². The van der Waals surface area contributed by atoms with Crippen LogP contribution in [0.4, 0.5) is 0 Å². The predicted molar refractivity (Wildman–Crippen MR) is 155 cm³/mol. The van der Waals surface area contributed by atoms with Gasteiger partial charge in [0.2, 0.25) is 17.7 Å². The lowest BCUT2D eigenvalue weighted by molar-refractivity contribution is -0.336. The molecule has 0 bridgehead atoms. The summed E-state index contributed by atoms with van der Waals surface area (Å²) in [5.74, 6) is -3.49. The number of carboxylic acids is 1. The molecule has 3 aliphatic heterocycles. The van der Waals surface area contributed by atoms with Gasteiger partial charge in [-0.25, -0.2) is 0 Å². The molecule has 0 aromatic heterocycles. The van der Waals surface area contributed by atoms with Crippen molar-refractivity contribution in [2.45, 2.75) is 119 Å². The number of rotatable bonds is 14. The van der Waals surface area contributed by atoms with Gasteiger partial charge in [-0.1, -0.05) is 0 Å². The number of nitrogens with one attached hydrogen (secondary N) is 3. The van der Waals surface area contributed by atoms with Crippen LogP contribution in [0.25, 0.3) is 0 Å². The molecule has 3 saturated heterocycles. The second kappa shape index (κ2) is 18.0. The third kappa shape index (κ3) is 10.2. The van der Waals surface area contributed by atoms with Crippen molar-refractivity contribution in [3.63, 3.8) is 0 Å². The van der Waals surface area contributed by atoms with E-state index in [0.717, 1.165) is 20.8 Å². The Labute approximate surface area is 279 Å². The lowest BCUT2D eigenvalue weighted by Gasteiger charge is -2.49. The van der Waals surface area contributed by atoms with Gasteiger partial charge in [0.1, 0.15) is 79.1 Å². The zero-order valence-corrected chi connectivity index (χ0v) is 26.8. The molecule has 0 aliphatic carbocycles. The maximum Gasteiger partial charge on any atom is 0.322 e. The first-order valence-electron chi connectivity index (χ1n) is 15.3. The van der Waals surface area contributed by atoms with Crippen LogP contribution >= 0.6 is 0 Å². The average Bonchev–Trinajstić information content (AvgIpc) is 3.03. The van der Waals surface area contributed by atoms with E-state index in [2.05, 4.69) is 16.0 Å². The first kappa shape index (κ1) is 40.7. The summed E-state index contributed by atoms with van der Waals surface area (Å²) in [5.41, 5.74) is 5.59. The van der Waals surface area contributed by atoms with Crippen molar-refractivity contribution in [2.75, 3.05) is 26.4 Å². The van der Waals surface area contributed by atoms with Gasteiger partial charge < -0.3 is 91.0 Å². The number of aliphatic hydroxyl groups excluding tert-OH is 7. The number of nitrogens with two attached hydrogens (primary N) is 1. The Balaban J connectivity index is 1.97. The molecule has 282 valence electrons. The topological polar surface area (TPSA) is 348 Å². The molecule has 0 aromatic rings. The Hall–Kier alpha value is -2.68. The molecule has 0 saturated carbocycles. The number of hydrogen-bond donors (Lipinski definition) is 12. The summed E-state index contributed by atoms with van der Waals surface area (Å²) in [4.78, 5) is 47.5. The van der Waals surface area contributed by atoms with Crippen molar-refractivity contribution < 1.29 is 88.5 Å². The lowest BCUT2D eigenvalue weighted by atomic mass is 9.94. The van der Waals surface area contributed by atoms with Crippen LogP contribution in [0.5, 0.6) is 0 Å². The standard InChI is InChI=1S/C27H46N4O18/c1-8(34)29-15-21(40)18(37)12(4-32)46-25(15)45-7-14-20(39)23(17(31-10(3)36)26(48-14)44-6-11(28)24(42)43)49-27-16(30-9(2)35)22(41)19(38)13(5-33)47-27/h11-23,25-27,32-33,37-41H,4-7,28H2,1-3H3,(H,29,34)(H,30,35)(H,31,36)(H,42,43)/t11-,12+,13+,14+,15+,16+,17+,18+,19+,20-,21+,22+,23+,25+,26-,27-/m0/s1. The van der Waals surface area contributed by atoms with Gasteiger partial charge in [-0.05, 0) is 0 Å². The normalized spacial score (nSPS) is 40.2. The van der Waals surface area contributed by atoms with Gasteiger partial charge in [0.25, 0.3) is 0 Å². The van der Waals surface area contributed by atoms with Gasteiger partial charge >= 0.3 is 5.97 Å². The highest BCUT2D eigenvalue weighted by atomic mass is 16.7. The number of amides is 3. The van der Waals surface area contributed by atoms with E-state index in [9.17, 15) is 60.0 Å². The third-order valence-corrected chi connectivity index (χ3v) is 8.02. The lowest BCUT2D eigenvalue weighted by Crippen LogP contribution is -2.70. The highest BCUT2D eigenvalue weighted by molar-refractivity contribution is 5.74. The molecule has 22 nitrogen and oxygen atoms in total. The largest absolute Gasteiger partial charge is 0.480 e. The SMILES string of the molecule is CC(=O)N[C@H]1[C@H](OC[C@H]2O[C@H](OC[C@H](N)C(=O)O)[C@H](NC(C)=O)[C@@H](O[C@@H]3O[C@H](CO)[C@@H](O)[C@H](O)[C@H]3NC(C)=O)[C@H]2O)O[C@H](CO)[C@@H](O)[C@@H]1O. The molecule has 0 spiro atoms. The van der Waals surface area contributed by atoms with E-state index in [1.807, 2.05) is 0 Å². The molecular weight excluding hydrogens is 668 g/mol. The van der Waals surface area contributed by atoms with Gasteiger partial charge in [0.05, 0.1) is 26.4 Å². The number of aliphatic carboxylic acids is 1. The molecule has 3 rings (SSSR count). The van der Waals surface area contributed by atoms with Crippen LogP contribution in [0.15, 0.2) is 0 Å². The fourth-order valence-electron chi connectivity index (χ4n) is 5.56. The van der Waals surface area contributed by atoms with Crippen LogP contribution in [0.3, 0.4) is 0 Å². The number of ether oxygens (including phenoxy) is 6. The average molecular weight is 715 g/mol. The predicted octanol–water partition coefficient (Wildman–Crippen LogP) is -7.71. The molecule has 49 heavy (non-hydrogen) atoms. The first-order chi connectivity index (χ1) is 23.0. The molecule has 3 fully saturated rings. The van der Waals surface area contributed by atoms with Gasteiger partial charge in [-0.3, -0.25) is 19.2 Å². The number of carboxylic acid groups (broad SMARTS) is 1. The minimum absolute atomic E-state index is 0.644. The van der Waals surface area contributed by atoms with Crippen molar-refractivity contribution in [1.29, 1.82) is 0 Å². The Kier molecular flexibility index (Phi) is 15.0. The van der Waals surface area contributed by atoms with Gasteiger partial charge in [-0.2, -0.15) is 0 Å². The summed E-state index contributed by atoms with van der Waals surface area (Å²) >= 11 is 0. The number of carbonyl (C=O) groups excluding carboxylic acids is 3. The van der Waals surface area contributed by atoms with Crippen molar-refractivity contribution in [3.8, 4) is 0 Å². The van der Waals surface area contributed by atoms with Crippen molar-refractivity contribution in [1.82, 2.24) is 16.0 Å². The fraction of sp³-hybridized carbons (Fsp3) is 0.852. The molecule has 3 amide bonds. The Bertz CT molecular complexity index is 1140. The summed E-state index contributed by atoms with van der Waals surface area (Å²) in [6.45, 7) is 0.399. The number of carbonyl (C=O) groups is 4. The maximum absolute atomic E-state index is 12.3. The van der Waals surface area contributed by atoms with Crippen LogP contribution in [0.2, 0.25) is 0 Å². The zero-order chi connectivity index (χ0) is 36.7. The van der Waals surface area contributed by atoms with E-state index in [-0.39, 0.29) is 0 Å². The molecular formula is C27H46N4O18. The smallest absolute Gasteiger partial charge is 0.322 e. The second-order valence-electron chi connectivity index (χ2n) is 11.8. The van der Waals surface area contributed by atoms with E-state index in [0.29, 0.717) is 0 Å². The molecule has 0 aromatic carbocycles. The van der Waals surface area contributed by atoms with Crippen molar-refractivity contribution >= 4 is 23.7 Å². The summed E-state index contributed by atoms with van der Waals surface area (Å²) in [6.07, 6.45) is -19.4. The molecule has 0 unspecified atom stereocenters. The Morgan fingerprint density at radius 1 is 0.653 bits per heavy atom. The van der Waals surface area contributed by atoms with Crippen molar-refractivity contribution in [2.24, 2.45) is 5.73 Å². The maximum atomic E-state index is 12.3. The quantitative estimate of drug-likeness (QED) is 0.0794. The molecule has 3 heterocycles. The molecule has 22 heteroatoms. The van der Waals surface area contributed by atoms with Crippen LogP contribution < -0.4 is 21.7 Å². The van der Waals surface area contributed by atoms with Crippen molar-refractivity contribution in [3.05, 3.63) is 0 Å². The second-order valence-corrected chi connectivity index (χ2v) is 11.8. The minimum Gasteiger partial charge on any atom is -0.480 e. The van der Waals surface area contributed by atoms with Crippen LogP contribution in [0.1, 0.15) is 20.8 Å². The van der Waals surface area contributed by atoms with Crippen LogP contribution in [0, 0.1) is 0 Å². The molecule has 13 N–H and O–H groups in total. The molecule has 3 aliphatic rings. The van der Waals surface area contributed by atoms with Crippen LogP contribution in [-0.2, 0) is 47.6 Å². The number of hydrogen-bond acceptors (Lipinski definition) is 18. The zero-order valence-electron chi connectivity index (χ0n) is 26.8. The Morgan fingerprint density at radius 2 is 1.08 bits per heavy atom. The van der Waals surface area contributed by atoms with E-state index < -0.39 is 148 Å². The van der Waals surface area contributed by atoms with E-state index in [1.165, 1.54) is 0 Å². The van der Waals surface area contributed by atoms with Gasteiger partial charge in [0.15, 0.2) is 18.9 Å². The monoisotopic (exact) mass is 714 g/mol. The first-order valence-corrected chi connectivity index (χ1v) is 15.3. The summed E-state index contributed by atoms with van der Waals surface area (Å²) in [5, 5.41) is 89.5. The molecule has 0 radical (unpaired) electrons. The van der Waals surface area contributed by atoms with Gasteiger partial charge in [0, 0.05) is 20.8 Å². The highest BCUT2D eigenvalue weighted by Gasteiger charge is 2.53. The highest BCUT2D eigenvalue weighted by Crippen LogP contribution is 2.31. The minimum atomic E-state index is -1.82. The summed E-state index contributed by atoms with van der Waals surface area (Å²) in [7, 11) is 0. The fourth-order valence-corrected chi connectivity index (χ4v) is 5.56. The van der Waals surface area contributed by atoms with E-state index in [4.69, 9.17) is 34.2 Å². The van der Waals surface area contributed by atoms with E-state index in [1.54, 1.807) is 0 Å². The van der Waals surface area contributed by atoms with Gasteiger partial charge in [-0.15, -0.1) is 0 Å². The molecule has 16 atom stereocenters. The van der Waals surface area contributed by atoms with E-state index >= 15 is 0 Å². The summed E-state index contributed by atoms with van der Waals surface area (Å²) in [6, 6.07) is -5.92. The number of aliphatic hydroxyl groups is 7. The Morgan fingerprint density at radius 3 is 1.55 bits per heavy atom. The summed E-state index contributed by atoms with van der Waals surface area (Å²) < 4.78 is 34.4. The third-order valence-electron chi connectivity index (χ3n) is 8.02.